The van der Waals surface area contributed by atoms with Gasteiger partial charge in [-0.05, 0) is 22.0 Å². The molecular formula is C9H7BrN4O. The van der Waals surface area contributed by atoms with Crippen molar-refractivity contribution in [2.75, 3.05) is 5.32 Å². The van der Waals surface area contributed by atoms with Gasteiger partial charge >= 0.3 is 0 Å². The lowest BCUT2D eigenvalue weighted by Gasteiger charge is -2.00. The van der Waals surface area contributed by atoms with Crippen molar-refractivity contribution in [2.24, 2.45) is 0 Å². The quantitative estimate of drug-likeness (QED) is 0.871. The number of anilines is 1. The van der Waals surface area contributed by atoms with Crippen molar-refractivity contribution in [2.45, 2.75) is 0 Å². The second-order valence-electron chi connectivity index (χ2n) is 2.78. The molecule has 6 heteroatoms. The fraction of sp³-hybridized carbons (Fsp3) is 0. The summed E-state index contributed by atoms with van der Waals surface area (Å²) in [7, 11) is 0. The second kappa shape index (κ2) is 4.22. The molecule has 0 fully saturated rings. The molecule has 0 aliphatic heterocycles. The summed E-state index contributed by atoms with van der Waals surface area (Å²) in [5.74, 6) is 0.175. The van der Waals surface area contributed by atoms with Crippen LogP contribution in [0.15, 0.2) is 35.3 Å². The first kappa shape index (κ1) is 9.85. The van der Waals surface area contributed by atoms with Gasteiger partial charge in [-0.25, -0.2) is 4.98 Å². The number of aromatic nitrogens is 3. The molecular weight excluding hydrogens is 260 g/mol. The topological polar surface area (TPSA) is 70.7 Å². The van der Waals surface area contributed by atoms with E-state index in [1.807, 2.05) is 0 Å². The van der Waals surface area contributed by atoms with Crippen LogP contribution >= 0.6 is 15.9 Å². The van der Waals surface area contributed by atoms with Gasteiger partial charge in [0.15, 0.2) is 5.82 Å². The van der Waals surface area contributed by atoms with Gasteiger partial charge in [0.2, 0.25) is 0 Å². The van der Waals surface area contributed by atoms with Crippen molar-refractivity contribution in [3.63, 3.8) is 0 Å². The SMILES string of the molecule is O=C(Nc1cnccn1)c1cc(Br)c[nH]1. The van der Waals surface area contributed by atoms with Crippen LogP contribution in [0.1, 0.15) is 10.5 Å². The molecule has 0 atom stereocenters. The standard InChI is InChI=1S/C9H7BrN4O/c10-6-3-7(13-4-6)9(15)14-8-5-11-1-2-12-8/h1-5,13H,(H,12,14,15). The Balaban J connectivity index is 2.11. The van der Waals surface area contributed by atoms with Gasteiger partial charge in [0.05, 0.1) is 6.20 Å². The van der Waals surface area contributed by atoms with Crippen molar-refractivity contribution < 1.29 is 4.79 Å². The number of nitrogens with one attached hydrogen (secondary N) is 2. The lowest BCUT2D eigenvalue weighted by molar-refractivity contribution is 0.102. The van der Waals surface area contributed by atoms with Crippen LogP contribution in [0.25, 0.3) is 0 Å². The average Bonchev–Trinajstić information content (AvgIpc) is 2.66. The molecule has 2 N–H and O–H groups in total. The molecule has 0 saturated carbocycles. The smallest absolute Gasteiger partial charge is 0.273 e. The molecule has 0 bridgehead atoms. The number of carbonyl (C=O) groups is 1. The van der Waals surface area contributed by atoms with E-state index in [1.165, 1.54) is 12.4 Å². The minimum atomic E-state index is -0.249. The van der Waals surface area contributed by atoms with Gasteiger partial charge in [-0.1, -0.05) is 0 Å². The number of halogens is 1. The molecule has 0 aromatic carbocycles. The molecule has 0 spiro atoms. The molecule has 0 aliphatic carbocycles. The van der Waals surface area contributed by atoms with Crippen LogP contribution in [0.3, 0.4) is 0 Å². The highest BCUT2D eigenvalue weighted by atomic mass is 79.9. The third kappa shape index (κ3) is 2.41. The summed E-state index contributed by atoms with van der Waals surface area (Å²) in [6.45, 7) is 0. The van der Waals surface area contributed by atoms with Crippen molar-refractivity contribution >= 4 is 27.7 Å². The Morgan fingerprint density at radius 3 is 2.93 bits per heavy atom. The Morgan fingerprint density at radius 2 is 2.33 bits per heavy atom. The van der Waals surface area contributed by atoms with E-state index in [1.54, 1.807) is 18.5 Å². The zero-order chi connectivity index (χ0) is 10.7. The van der Waals surface area contributed by atoms with E-state index < -0.39 is 0 Å². The number of hydrogen-bond donors (Lipinski definition) is 2. The Kier molecular flexibility index (Phi) is 2.77. The van der Waals surface area contributed by atoms with Crippen LogP contribution in [-0.2, 0) is 0 Å². The monoisotopic (exact) mass is 266 g/mol. The fourth-order valence-electron chi connectivity index (χ4n) is 1.05. The van der Waals surface area contributed by atoms with Crippen LogP contribution in [0.5, 0.6) is 0 Å². The number of hydrogen-bond acceptors (Lipinski definition) is 3. The highest BCUT2D eigenvalue weighted by molar-refractivity contribution is 9.10. The van der Waals surface area contributed by atoms with Crippen LogP contribution in [0.4, 0.5) is 5.82 Å². The first-order chi connectivity index (χ1) is 7.25. The van der Waals surface area contributed by atoms with Gasteiger partial charge in [0.1, 0.15) is 5.69 Å². The molecule has 2 rings (SSSR count). The highest BCUT2D eigenvalue weighted by Crippen LogP contribution is 2.11. The highest BCUT2D eigenvalue weighted by Gasteiger charge is 2.08. The Labute approximate surface area is 94.1 Å². The number of aromatic amines is 1. The summed E-state index contributed by atoms with van der Waals surface area (Å²) in [5, 5.41) is 2.61. The maximum absolute atomic E-state index is 11.6. The average molecular weight is 267 g/mol. The van der Waals surface area contributed by atoms with Crippen molar-refractivity contribution in [1.29, 1.82) is 0 Å². The predicted molar refractivity (Wildman–Crippen MR) is 58.5 cm³/mol. The van der Waals surface area contributed by atoms with Gasteiger partial charge < -0.3 is 10.3 Å². The van der Waals surface area contributed by atoms with Crippen molar-refractivity contribution in [3.8, 4) is 0 Å². The minimum Gasteiger partial charge on any atom is -0.356 e. The molecule has 0 unspecified atom stereocenters. The zero-order valence-electron chi connectivity index (χ0n) is 7.57. The largest absolute Gasteiger partial charge is 0.356 e. The number of H-pyrrole nitrogens is 1. The second-order valence-corrected chi connectivity index (χ2v) is 3.69. The number of amides is 1. The summed E-state index contributed by atoms with van der Waals surface area (Å²) < 4.78 is 0.826. The van der Waals surface area contributed by atoms with Crippen LogP contribution < -0.4 is 5.32 Å². The first-order valence-electron chi connectivity index (χ1n) is 4.17. The third-order valence-electron chi connectivity index (χ3n) is 1.70. The summed E-state index contributed by atoms with van der Waals surface area (Å²) in [4.78, 5) is 22.2. The van der Waals surface area contributed by atoms with Gasteiger partial charge in [-0.15, -0.1) is 0 Å². The molecule has 76 valence electrons. The molecule has 5 nitrogen and oxygen atoms in total. The number of nitrogens with zero attached hydrogens (tertiary/aromatic N) is 2. The molecule has 2 aromatic heterocycles. The molecule has 15 heavy (non-hydrogen) atoms. The van der Waals surface area contributed by atoms with Crippen molar-refractivity contribution in [1.82, 2.24) is 15.0 Å². The molecule has 0 aliphatic rings. The van der Waals surface area contributed by atoms with E-state index in [0.717, 1.165) is 4.47 Å². The summed E-state index contributed by atoms with van der Waals surface area (Å²) in [6.07, 6.45) is 6.22. The zero-order valence-corrected chi connectivity index (χ0v) is 9.15. The Hall–Kier alpha value is -1.69. The van der Waals surface area contributed by atoms with E-state index >= 15 is 0 Å². The van der Waals surface area contributed by atoms with Crippen LogP contribution in [0.2, 0.25) is 0 Å². The summed E-state index contributed by atoms with van der Waals surface area (Å²) >= 11 is 3.25. The Bertz CT molecular complexity index is 468. The van der Waals surface area contributed by atoms with Crippen LogP contribution in [-0.4, -0.2) is 20.9 Å². The van der Waals surface area contributed by atoms with Gasteiger partial charge in [-0.2, -0.15) is 0 Å². The summed E-state index contributed by atoms with van der Waals surface area (Å²) in [5.41, 5.74) is 0.465. The molecule has 2 heterocycles. The van der Waals surface area contributed by atoms with E-state index in [4.69, 9.17) is 0 Å². The molecule has 0 saturated heterocycles. The molecule has 1 amide bonds. The summed E-state index contributed by atoms with van der Waals surface area (Å²) in [6, 6.07) is 1.69. The first-order valence-corrected chi connectivity index (χ1v) is 4.96. The number of rotatable bonds is 2. The van der Waals surface area contributed by atoms with Gasteiger partial charge in [0.25, 0.3) is 5.91 Å². The molecule has 2 aromatic rings. The maximum Gasteiger partial charge on any atom is 0.273 e. The van der Waals surface area contributed by atoms with Gasteiger partial charge in [-0.3, -0.25) is 9.78 Å². The van der Waals surface area contributed by atoms with Crippen LogP contribution in [0, 0.1) is 0 Å². The number of carbonyl (C=O) groups excluding carboxylic acids is 1. The van der Waals surface area contributed by atoms with E-state index in [2.05, 4.69) is 36.2 Å². The maximum atomic E-state index is 11.6. The van der Waals surface area contributed by atoms with E-state index in [-0.39, 0.29) is 5.91 Å². The lowest BCUT2D eigenvalue weighted by Crippen LogP contribution is -2.13. The normalized spacial score (nSPS) is 9.93. The van der Waals surface area contributed by atoms with E-state index in [0.29, 0.717) is 11.5 Å². The molecule has 0 radical (unpaired) electrons. The lowest BCUT2D eigenvalue weighted by atomic mass is 10.4. The minimum absolute atomic E-state index is 0.249. The predicted octanol–water partition coefficient (Wildman–Crippen LogP) is 1.82. The van der Waals surface area contributed by atoms with Crippen molar-refractivity contribution in [3.05, 3.63) is 41.0 Å². The Morgan fingerprint density at radius 1 is 1.47 bits per heavy atom. The van der Waals surface area contributed by atoms with E-state index in [9.17, 15) is 4.79 Å². The third-order valence-corrected chi connectivity index (χ3v) is 2.16. The fourth-order valence-corrected chi connectivity index (χ4v) is 1.39. The van der Waals surface area contributed by atoms with Gasteiger partial charge in [0, 0.05) is 23.1 Å².